The van der Waals surface area contributed by atoms with E-state index in [1.807, 2.05) is 12.1 Å². The van der Waals surface area contributed by atoms with Gasteiger partial charge in [-0.25, -0.2) is 9.97 Å². The Bertz CT molecular complexity index is 2880. The summed E-state index contributed by atoms with van der Waals surface area (Å²) in [6.07, 6.45) is 0. The standard InChI is InChI=1S/C56H38N2/c1-5-14-39(15-6-1)49-35-53(44-18-9-3-10-19-44)57-55(37-49)46-29-24-41(25-30-46)48-33-28-42-22-13-23-51(52(42)34-48)43-26-31-47(32-27-43)56-38-50(40-16-7-2-8-17-40)36-54(58-56)45-20-11-4-12-21-45/h1-38H. The Kier molecular flexibility index (Phi) is 9.27. The SMILES string of the molecule is c1ccc(-c2cc(-c3ccccc3)nc(-c3ccc(-c4ccc5cccc(-c6ccc(-c7cc(-c8ccccc8)cc(-c8ccccc8)n7)cc6)c5c4)cc3)c2)cc1. The predicted molar refractivity (Wildman–Crippen MR) is 243 cm³/mol. The molecule has 0 fully saturated rings. The van der Waals surface area contributed by atoms with Gasteiger partial charge >= 0.3 is 0 Å². The summed E-state index contributed by atoms with van der Waals surface area (Å²) in [6.45, 7) is 0. The highest BCUT2D eigenvalue weighted by atomic mass is 14.7. The summed E-state index contributed by atoms with van der Waals surface area (Å²) < 4.78 is 0. The van der Waals surface area contributed by atoms with Crippen LogP contribution in [0.5, 0.6) is 0 Å². The van der Waals surface area contributed by atoms with Crippen molar-refractivity contribution in [2.45, 2.75) is 0 Å². The van der Waals surface area contributed by atoms with Crippen molar-refractivity contribution in [2.24, 2.45) is 0 Å². The van der Waals surface area contributed by atoms with Crippen LogP contribution in [0.3, 0.4) is 0 Å². The third-order valence-electron chi connectivity index (χ3n) is 10.9. The molecule has 0 N–H and O–H groups in total. The fourth-order valence-electron chi connectivity index (χ4n) is 7.82. The van der Waals surface area contributed by atoms with Gasteiger partial charge in [-0.2, -0.15) is 0 Å². The number of benzene rings is 8. The second-order valence-electron chi connectivity index (χ2n) is 14.6. The Morgan fingerprint density at radius 3 is 1.00 bits per heavy atom. The zero-order valence-electron chi connectivity index (χ0n) is 31.8. The molecule has 0 aliphatic rings. The first-order valence-corrected chi connectivity index (χ1v) is 19.7. The Morgan fingerprint density at radius 2 is 0.552 bits per heavy atom. The third-order valence-corrected chi connectivity index (χ3v) is 10.9. The fourth-order valence-corrected chi connectivity index (χ4v) is 7.82. The molecule has 10 rings (SSSR count). The lowest BCUT2D eigenvalue weighted by Gasteiger charge is -2.13. The first-order chi connectivity index (χ1) is 28.7. The molecule has 0 aliphatic carbocycles. The molecule has 0 saturated carbocycles. The molecule has 0 atom stereocenters. The maximum absolute atomic E-state index is 5.15. The van der Waals surface area contributed by atoms with Crippen molar-refractivity contribution in [2.75, 3.05) is 0 Å². The number of rotatable bonds is 8. The van der Waals surface area contributed by atoms with Gasteiger partial charge in [0.15, 0.2) is 0 Å². The molecule has 0 bridgehead atoms. The maximum Gasteiger partial charge on any atom is 0.0715 e. The number of aromatic nitrogens is 2. The number of hydrogen-bond donors (Lipinski definition) is 0. The highest BCUT2D eigenvalue weighted by Crippen LogP contribution is 2.36. The summed E-state index contributed by atoms with van der Waals surface area (Å²) in [6, 6.07) is 81.7. The second-order valence-corrected chi connectivity index (χ2v) is 14.6. The van der Waals surface area contributed by atoms with Gasteiger partial charge in [0.1, 0.15) is 0 Å². The van der Waals surface area contributed by atoms with E-state index in [-0.39, 0.29) is 0 Å². The van der Waals surface area contributed by atoms with Crippen LogP contribution < -0.4 is 0 Å². The van der Waals surface area contributed by atoms with Gasteiger partial charge in [0.2, 0.25) is 0 Å². The quantitative estimate of drug-likeness (QED) is 0.155. The van der Waals surface area contributed by atoms with Crippen LogP contribution in [0.25, 0.3) is 100 Å². The molecular weight excluding hydrogens is 701 g/mol. The number of hydrogen-bond acceptors (Lipinski definition) is 2. The van der Waals surface area contributed by atoms with E-state index in [0.717, 1.165) is 61.7 Å². The van der Waals surface area contributed by atoms with Crippen molar-refractivity contribution in [1.29, 1.82) is 0 Å². The summed E-state index contributed by atoms with van der Waals surface area (Å²) in [5.74, 6) is 0. The van der Waals surface area contributed by atoms with Gasteiger partial charge in [-0.1, -0.05) is 200 Å². The van der Waals surface area contributed by atoms with E-state index in [1.165, 1.54) is 38.6 Å². The molecule has 2 heteroatoms. The lowest BCUT2D eigenvalue weighted by atomic mass is 9.93. The van der Waals surface area contributed by atoms with Crippen LogP contribution in [-0.2, 0) is 0 Å². The topological polar surface area (TPSA) is 25.8 Å². The normalized spacial score (nSPS) is 11.1. The minimum Gasteiger partial charge on any atom is -0.248 e. The molecule has 2 nitrogen and oxygen atoms in total. The summed E-state index contributed by atoms with van der Waals surface area (Å²) in [5.41, 5.74) is 17.6. The van der Waals surface area contributed by atoms with Gasteiger partial charge in [0, 0.05) is 22.3 Å². The van der Waals surface area contributed by atoms with Crippen LogP contribution in [-0.4, -0.2) is 9.97 Å². The van der Waals surface area contributed by atoms with E-state index in [1.54, 1.807) is 0 Å². The average molecular weight is 739 g/mol. The highest BCUT2D eigenvalue weighted by Gasteiger charge is 2.13. The van der Waals surface area contributed by atoms with Crippen molar-refractivity contribution in [3.05, 3.63) is 231 Å². The summed E-state index contributed by atoms with van der Waals surface area (Å²) in [5, 5.41) is 2.43. The van der Waals surface area contributed by atoms with Crippen molar-refractivity contribution >= 4 is 10.8 Å². The second kappa shape index (κ2) is 15.5. The van der Waals surface area contributed by atoms with E-state index >= 15 is 0 Å². The molecular formula is C56H38N2. The monoisotopic (exact) mass is 738 g/mol. The number of fused-ring (bicyclic) bond motifs is 1. The molecule has 0 unspecified atom stereocenters. The van der Waals surface area contributed by atoms with E-state index in [9.17, 15) is 0 Å². The molecule has 2 aromatic heterocycles. The fraction of sp³-hybridized carbons (Fsp3) is 0. The Balaban J connectivity index is 0.976. The van der Waals surface area contributed by atoms with Gasteiger partial charge in [0.25, 0.3) is 0 Å². The molecule has 58 heavy (non-hydrogen) atoms. The van der Waals surface area contributed by atoms with Crippen LogP contribution >= 0.6 is 0 Å². The van der Waals surface area contributed by atoms with Crippen molar-refractivity contribution in [1.82, 2.24) is 9.97 Å². The van der Waals surface area contributed by atoms with Crippen LogP contribution in [0.15, 0.2) is 231 Å². The third kappa shape index (κ3) is 7.11. The van der Waals surface area contributed by atoms with Gasteiger partial charge < -0.3 is 0 Å². The molecule has 0 amide bonds. The van der Waals surface area contributed by atoms with E-state index in [4.69, 9.17) is 9.97 Å². The average Bonchev–Trinajstić information content (AvgIpc) is 3.32. The zero-order chi connectivity index (χ0) is 38.7. The Labute approximate surface area is 339 Å². The number of pyridine rings is 2. The van der Waals surface area contributed by atoms with Crippen LogP contribution in [0.4, 0.5) is 0 Å². The van der Waals surface area contributed by atoms with Gasteiger partial charge in [-0.05, 0) is 85.6 Å². The molecule has 272 valence electrons. The summed E-state index contributed by atoms with van der Waals surface area (Å²) in [7, 11) is 0. The van der Waals surface area contributed by atoms with E-state index in [2.05, 4.69) is 218 Å². The molecule has 10 aromatic rings. The van der Waals surface area contributed by atoms with Crippen molar-refractivity contribution in [3.63, 3.8) is 0 Å². The minimum atomic E-state index is 0.952. The maximum atomic E-state index is 5.15. The van der Waals surface area contributed by atoms with Gasteiger partial charge in [0.05, 0.1) is 22.8 Å². The highest BCUT2D eigenvalue weighted by molar-refractivity contribution is 5.99. The van der Waals surface area contributed by atoms with Gasteiger partial charge in [-0.3, -0.25) is 0 Å². The van der Waals surface area contributed by atoms with Crippen LogP contribution in [0.2, 0.25) is 0 Å². The minimum absolute atomic E-state index is 0.952. The van der Waals surface area contributed by atoms with E-state index < -0.39 is 0 Å². The first kappa shape index (κ1) is 34.8. The molecule has 0 saturated heterocycles. The van der Waals surface area contributed by atoms with Crippen molar-refractivity contribution in [3.8, 4) is 89.5 Å². The molecule has 2 heterocycles. The first-order valence-electron chi connectivity index (χ1n) is 19.7. The molecule has 8 aromatic carbocycles. The smallest absolute Gasteiger partial charge is 0.0715 e. The largest absolute Gasteiger partial charge is 0.248 e. The van der Waals surface area contributed by atoms with E-state index in [0.29, 0.717) is 0 Å². The zero-order valence-corrected chi connectivity index (χ0v) is 31.8. The summed E-state index contributed by atoms with van der Waals surface area (Å²) >= 11 is 0. The molecule has 0 aliphatic heterocycles. The summed E-state index contributed by atoms with van der Waals surface area (Å²) in [4.78, 5) is 10.3. The van der Waals surface area contributed by atoms with Gasteiger partial charge in [-0.15, -0.1) is 0 Å². The Morgan fingerprint density at radius 1 is 0.207 bits per heavy atom. The van der Waals surface area contributed by atoms with Crippen molar-refractivity contribution < 1.29 is 0 Å². The lowest BCUT2D eigenvalue weighted by molar-refractivity contribution is 1.32. The molecule has 0 radical (unpaired) electrons. The number of nitrogens with zero attached hydrogens (tertiary/aromatic N) is 2. The van der Waals surface area contributed by atoms with Crippen LogP contribution in [0, 0.1) is 0 Å². The lowest BCUT2D eigenvalue weighted by Crippen LogP contribution is -1.91. The molecule has 0 spiro atoms. The Hall–Kier alpha value is -7.68. The predicted octanol–water partition coefficient (Wildman–Crippen LogP) is 15.0. The van der Waals surface area contributed by atoms with Crippen LogP contribution in [0.1, 0.15) is 0 Å².